The van der Waals surface area contributed by atoms with Crippen LogP contribution in [0.5, 0.6) is 0 Å². The predicted octanol–water partition coefficient (Wildman–Crippen LogP) is 1.24. The average Bonchev–Trinajstić information content (AvgIpc) is 3.12. The molecular formula is C14H18N4O2. The molecule has 106 valence electrons. The summed E-state index contributed by atoms with van der Waals surface area (Å²) in [6.45, 7) is 6.23. The van der Waals surface area contributed by atoms with Crippen LogP contribution in [0.25, 0.3) is 0 Å². The maximum Gasteiger partial charge on any atom is 0.271 e. The Morgan fingerprint density at radius 1 is 1.50 bits per heavy atom. The molecule has 0 bridgehead atoms. The van der Waals surface area contributed by atoms with Crippen LogP contribution in [0.15, 0.2) is 29.0 Å². The molecule has 6 heteroatoms. The van der Waals surface area contributed by atoms with Crippen molar-refractivity contribution in [2.75, 3.05) is 13.1 Å². The summed E-state index contributed by atoms with van der Waals surface area (Å²) < 4.78 is 7.25. The molecule has 2 aromatic heterocycles. The maximum atomic E-state index is 12.1. The molecule has 0 aliphatic carbocycles. The van der Waals surface area contributed by atoms with Crippen LogP contribution in [0, 0.1) is 0 Å². The van der Waals surface area contributed by atoms with Gasteiger partial charge in [-0.1, -0.05) is 6.92 Å². The summed E-state index contributed by atoms with van der Waals surface area (Å²) in [6.07, 6.45) is 3.43. The second-order valence-corrected chi connectivity index (χ2v) is 4.87. The summed E-state index contributed by atoms with van der Waals surface area (Å²) >= 11 is 0. The standard InChI is InChI=1S/C14H18N4O2/c1-2-17-5-6-18-9-12(16-13(18)10-17)14(19)15-8-11-4-3-7-20-11/h3-4,7,9H,2,5-6,8,10H2,1H3,(H,15,19). The number of aromatic nitrogens is 2. The molecule has 3 rings (SSSR count). The third kappa shape index (κ3) is 2.60. The number of nitrogens with one attached hydrogen (secondary N) is 1. The van der Waals surface area contributed by atoms with Crippen molar-refractivity contribution in [1.29, 1.82) is 0 Å². The maximum absolute atomic E-state index is 12.1. The number of fused-ring (bicyclic) bond motifs is 1. The molecule has 0 aromatic carbocycles. The van der Waals surface area contributed by atoms with E-state index < -0.39 is 0 Å². The first kappa shape index (κ1) is 12.9. The van der Waals surface area contributed by atoms with E-state index >= 15 is 0 Å². The van der Waals surface area contributed by atoms with Gasteiger partial charge in [-0.25, -0.2) is 4.98 Å². The largest absolute Gasteiger partial charge is 0.467 e. The summed E-state index contributed by atoms with van der Waals surface area (Å²) in [6, 6.07) is 3.63. The summed E-state index contributed by atoms with van der Waals surface area (Å²) in [4.78, 5) is 18.8. The third-order valence-corrected chi connectivity index (χ3v) is 3.56. The lowest BCUT2D eigenvalue weighted by Gasteiger charge is -2.25. The normalized spacial score (nSPS) is 15.1. The molecular weight excluding hydrogens is 256 g/mol. The number of nitrogens with zero attached hydrogens (tertiary/aromatic N) is 3. The Balaban J connectivity index is 1.65. The Morgan fingerprint density at radius 3 is 3.15 bits per heavy atom. The minimum Gasteiger partial charge on any atom is -0.467 e. The van der Waals surface area contributed by atoms with Crippen molar-refractivity contribution >= 4 is 5.91 Å². The van der Waals surface area contributed by atoms with Crippen LogP contribution in [0.4, 0.5) is 0 Å². The average molecular weight is 274 g/mol. The highest BCUT2D eigenvalue weighted by Gasteiger charge is 2.19. The molecule has 0 fully saturated rings. The number of rotatable bonds is 4. The molecule has 0 unspecified atom stereocenters. The van der Waals surface area contributed by atoms with Gasteiger partial charge in [0.05, 0.1) is 19.4 Å². The van der Waals surface area contributed by atoms with Gasteiger partial charge in [-0.15, -0.1) is 0 Å². The zero-order chi connectivity index (χ0) is 13.9. The molecule has 0 spiro atoms. The van der Waals surface area contributed by atoms with Crippen LogP contribution < -0.4 is 5.32 Å². The number of imidazole rings is 1. The molecule has 1 amide bonds. The van der Waals surface area contributed by atoms with E-state index in [1.165, 1.54) is 0 Å². The van der Waals surface area contributed by atoms with E-state index in [1.54, 1.807) is 12.3 Å². The van der Waals surface area contributed by atoms with E-state index in [-0.39, 0.29) is 5.91 Å². The minimum absolute atomic E-state index is 0.161. The Kier molecular flexibility index (Phi) is 3.56. The van der Waals surface area contributed by atoms with Crippen LogP contribution in [-0.2, 0) is 19.6 Å². The van der Waals surface area contributed by atoms with Crippen molar-refractivity contribution in [2.45, 2.75) is 26.6 Å². The summed E-state index contributed by atoms with van der Waals surface area (Å²) in [5, 5.41) is 2.81. The van der Waals surface area contributed by atoms with Gasteiger partial charge in [0.15, 0.2) is 0 Å². The van der Waals surface area contributed by atoms with Crippen molar-refractivity contribution in [3.63, 3.8) is 0 Å². The highest BCUT2D eigenvalue weighted by Crippen LogP contribution is 2.12. The number of hydrogen-bond acceptors (Lipinski definition) is 4. The van der Waals surface area contributed by atoms with Crippen LogP contribution in [-0.4, -0.2) is 33.4 Å². The molecule has 20 heavy (non-hydrogen) atoms. The molecule has 6 nitrogen and oxygen atoms in total. The highest BCUT2D eigenvalue weighted by molar-refractivity contribution is 5.92. The van der Waals surface area contributed by atoms with Crippen LogP contribution in [0.1, 0.15) is 29.0 Å². The van der Waals surface area contributed by atoms with Gasteiger partial charge in [-0.05, 0) is 18.7 Å². The minimum atomic E-state index is -0.161. The SMILES string of the molecule is CCN1CCn2cc(C(=O)NCc3ccco3)nc2C1. The summed E-state index contributed by atoms with van der Waals surface area (Å²) in [5.41, 5.74) is 0.476. The number of amides is 1. The topological polar surface area (TPSA) is 63.3 Å². The molecule has 1 aliphatic rings. The fourth-order valence-corrected chi connectivity index (χ4v) is 2.35. The Morgan fingerprint density at radius 2 is 2.40 bits per heavy atom. The molecule has 0 saturated heterocycles. The van der Waals surface area contributed by atoms with Gasteiger partial charge in [0.1, 0.15) is 17.3 Å². The van der Waals surface area contributed by atoms with Gasteiger partial charge in [0.25, 0.3) is 5.91 Å². The molecule has 0 radical (unpaired) electrons. The van der Waals surface area contributed by atoms with Gasteiger partial charge in [0.2, 0.25) is 0 Å². The first-order valence-corrected chi connectivity index (χ1v) is 6.85. The molecule has 0 saturated carbocycles. The quantitative estimate of drug-likeness (QED) is 0.911. The van der Waals surface area contributed by atoms with Gasteiger partial charge in [-0.2, -0.15) is 0 Å². The van der Waals surface area contributed by atoms with Crippen LogP contribution in [0.2, 0.25) is 0 Å². The lowest BCUT2D eigenvalue weighted by atomic mass is 10.3. The van der Waals surface area contributed by atoms with Gasteiger partial charge in [-0.3, -0.25) is 9.69 Å². The predicted molar refractivity (Wildman–Crippen MR) is 73.1 cm³/mol. The number of carbonyl (C=O) groups excluding carboxylic acids is 1. The smallest absolute Gasteiger partial charge is 0.271 e. The van der Waals surface area contributed by atoms with E-state index in [4.69, 9.17) is 4.42 Å². The van der Waals surface area contributed by atoms with Gasteiger partial charge in [0, 0.05) is 19.3 Å². The summed E-state index contributed by atoms with van der Waals surface area (Å²) in [5.74, 6) is 1.53. The zero-order valence-electron chi connectivity index (χ0n) is 11.5. The van der Waals surface area contributed by atoms with E-state index in [9.17, 15) is 4.79 Å². The van der Waals surface area contributed by atoms with Crippen molar-refractivity contribution in [3.05, 3.63) is 41.9 Å². The zero-order valence-corrected chi connectivity index (χ0v) is 11.5. The molecule has 1 aliphatic heterocycles. The van der Waals surface area contributed by atoms with Gasteiger partial charge >= 0.3 is 0 Å². The highest BCUT2D eigenvalue weighted by atomic mass is 16.3. The lowest BCUT2D eigenvalue weighted by molar-refractivity contribution is 0.0943. The van der Waals surface area contributed by atoms with E-state index in [1.807, 2.05) is 12.3 Å². The van der Waals surface area contributed by atoms with Crippen molar-refractivity contribution in [3.8, 4) is 0 Å². The second-order valence-electron chi connectivity index (χ2n) is 4.87. The molecule has 3 heterocycles. The Labute approximate surface area is 117 Å². The van der Waals surface area contributed by atoms with Gasteiger partial charge < -0.3 is 14.3 Å². The van der Waals surface area contributed by atoms with E-state index in [0.717, 1.165) is 37.8 Å². The third-order valence-electron chi connectivity index (χ3n) is 3.56. The van der Waals surface area contributed by atoms with Crippen LogP contribution in [0.3, 0.4) is 0 Å². The van der Waals surface area contributed by atoms with Crippen LogP contribution >= 0.6 is 0 Å². The monoisotopic (exact) mass is 274 g/mol. The van der Waals surface area contributed by atoms with E-state index in [0.29, 0.717) is 12.2 Å². The molecule has 2 aromatic rings. The lowest BCUT2D eigenvalue weighted by Crippen LogP contribution is -2.33. The Hall–Kier alpha value is -2.08. The van der Waals surface area contributed by atoms with Crippen molar-refractivity contribution in [1.82, 2.24) is 19.8 Å². The first-order valence-electron chi connectivity index (χ1n) is 6.85. The van der Waals surface area contributed by atoms with E-state index in [2.05, 4.69) is 26.7 Å². The second kappa shape index (κ2) is 5.50. The fraction of sp³-hybridized carbons (Fsp3) is 0.429. The number of furan rings is 1. The number of hydrogen-bond donors (Lipinski definition) is 1. The summed E-state index contributed by atoms with van der Waals surface area (Å²) in [7, 11) is 0. The molecule has 0 atom stereocenters. The first-order chi connectivity index (χ1) is 9.76. The van der Waals surface area contributed by atoms with Crippen molar-refractivity contribution < 1.29 is 9.21 Å². The molecule has 1 N–H and O–H groups in total. The Bertz CT molecular complexity index is 588. The van der Waals surface area contributed by atoms with Crippen molar-refractivity contribution in [2.24, 2.45) is 0 Å². The number of carbonyl (C=O) groups is 1. The fourth-order valence-electron chi connectivity index (χ4n) is 2.35. The number of likely N-dealkylation sites (N-methyl/N-ethyl adjacent to an activating group) is 1.